The second-order valence-corrected chi connectivity index (χ2v) is 7.88. The summed E-state index contributed by atoms with van der Waals surface area (Å²) in [5.74, 6) is 0.733. The molecule has 0 unspecified atom stereocenters. The minimum Gasteiger partial charge on any atom is -0.495 e. The molecule has 0 bridgehead atoms. The summed E-state index contributed by atoms with van der Waals surface area (Å²) < 4.78 is 48.9. The van der Waals surface area contributed by atoms with Crippen LogP contribution in [0.15, 0.2) is 36.5 Å². The molecule has 170 valence electrons. The minimum absolute atomic E-state index is 0.0190. The summed E-state index contributed by atoms with van der Waals surface area (Å²) in [6, 6.07) is 6.06. The second kappa shape index (κ2) is 8.68. The molecule has 1 N–H and O–H groups in total. The van der Waals surface area contributed by atoms with Crippen LogP contribution < -0.4 is 14.8 Å². The number of carbonyl (C=O) groups is 2. The van der Waals surface area contributed by atoms with E-state index in [1.807, 2.05) is 0 Å². The number of pyridine rings is 1. The predicted molar refractivity (Wildman–Crippen MR) is 108 cm³/mol. The van der Waals surface area contributed by atoms with Crippen molar-refractivity contribution in [2.24, 2.45) is 5.92 Å². The molecule has 0 radical (unpaired) electrons. The SMILES string of the molecule is COc1ccc(Oc2ccc(C(F)(F)F)cn2)cc1NC(=O)[C@@H]1CCC(=O)N1CC1CC1. The zero-order valence-corrected chi connectivity index (χ0v) is 17.3. The number of rotatable bonds is 7. The fraction of sp³-hybridized carbons (Fsp3) is 0.409. The number of amides is 2. The molecule has 2 amide bonds. The lowest BCUT2D eigenvalue weighted by Gasteiger charge is -2.24. The zero-order valence-electron chi connectivity index (χ0n) is 17.3. The third-order valence-corrected chi connectivity index (χ3v) is 5.50. The summed E-state index contributed by atoms with van der Waals surface area (Å²) in [5, 5.41) is 2.80. The fourth-order valence-corrected chi connectivity index (χ4v) is 3.61. The molecule has 1 atom stereocenters. The molecule has 32 heavy (non-hydrogen) atoms. The van der Waals surface area contributed by atoms with Gasteiger partial charge in [-0.15, -0.1) is 0 Å². The van der Waals surface area contributed by atoms with Crippen LogP contribution >= 0.6 is 0 Å². The fourth-order valence-electron chi connectivity index (χ4n) is 3.61. The highest BCUT2D eigenvalue weighted by molar-refractivity contribution is 6.00. The highest BCUT2D eigenvalue weighted by atomic mass is 19.4. The molecule has 7 nitrogen and oxygen atoms in total. The first-order chi connectivity index (χ1) is 15.2. The van der Waals surface area contributed by atoms with E-state index in [2.05, 4.69) is 10.3 Å². The first-order valence-corrected chi connectivity index (χ1v) is 10.2. The molecular weight excluding hydrogens is 427 g/mol. The van der Waals surface area contributed by atoms with Crippen LogP contribution in [0.3, 0.4) is 0 Å². The van der Waals surface area contributed by atoms with Crippen LogP contribution in [0.1, 0.15) is 31.2 Å². The molecule has 0 spiro atoms. The Hall–Kier alpha value is -3.30. The van der Waals surface area contributed by atoms with E-state index in [1.54, 1.807) is 17.0 Å². The lowest BCUT2D eigenvalue weighted by molar-refractivity contribution is -0.137. The van der Waals surface area contributed by atoms with Gasteiger partial charge in [0.05, 0.1) is 18.4 Å². The lowest BCUT2D eigenvalue weighted by atomic mass is 10.2. The monoisotopic (exact) mass is 449 g/mol. The largest absolute Gasteiger partial charge is 0.495 e. The number of alkyl halides is 3. The van der Waals surface area contributed by atoms with Gasteiger partial charge in [0.15, 0.2) is 0 Å². The van der Waals surface area contributed by atoms with Crippen LogP contribution in [-0.2, 0) is 15.8 Å². The van der Waals surface area contributed by atoms with Crippen LogP contribution in [0, 0.1) is 5.92 Å². The number of anilines is 1. The minimum atomic E-state index is -4.49. The summed E-state index contributed by atoms with van der Waals surface area (Å²) >= 11 is 0. The van der Waals surface area contributed by atoms with E-state index < -0.39 is 17.8 Å². The Morgan fingerprint density at radius 2 is 2.00 bits per heavy atom. The number of aromatic nitrogens is 1. The summed E-state index contributed by atoms with van der Waals surface area (Å²) in [6.07, 6.45) is -0.867. The van der Waals surface area contributed by atoms with Crippen LogP contribution in [0.5, 0.6) is 17.4 Å². The summed E-state index contributed by atoms with van der Waals surface area (Å²) in [5.41, 5.74) is -0.554. The number of likely N-dealkylation sites (tertiary alicyclic amines) is 1. The number of methoxy groups -OCH3 is 1. The van der Waals surface area contributed by atoms with Crippen LogP contribution in [0.4, 0.5) is 18.9 Å². The maximum Gasteiger partial charge on any atom is 0.417 e. The normalized spacial score (nSPS) is 18.6. The lowest BCUT2D eigenvalue weighted by Crippen LogP contribution is -2.42. The molecule has 2 heterocycles. The molecule has 2 fully saturated rings. The molecule has 2 aromatic rings. The maximum atomic E-state index is 12.9. The van der Waals surface area contributed by atoms with Crippen molar-refractivity contribution in [2.45, 2.75) is 37.9 Å². The van der Waals surface area contributed by atoms with Crippen molar-refractivity contribution < 1.29 is 32.2 Å². The zero-order chi connectivity index (χ0) is 22.9. The smallest absolute Gasteiger partial charge is 0.417 e. The van der Waals surface area contributed by atoms with Gasteiger partial charge >= 0.3 is 6.18 Å². The van der Waals surface area contributed by atoms with Gasteiger partial charge in [0.1, 0.15) is 17.5 Å². The molecule has 4 rings (SSSR count). The van der Waals surface area contributed by atoms with Crippen LogP contribution in [-0.4, -0.2) is 41.4 Å². The highest BCUT2D eigenvalue weighted by Gasteiger charge is 2.39. The Bertz CT molecular complexity index is 1010. The third-order valence-electron chi connectivity index (χ3n) is 5.50. The molecule has 2 aliphatic rings. The topological polar surface area (TPSA) is 80.8 Å². The summed E-state index contributed by atoms with van der Waals surface area (Å²) in [7, 11) is 1.45. The quantitative estimate of drug-likeness (QED) is 0.684. The van der Waals surface area contributed by atoms with Gasteiger partial charge in [-0.3, -0.25) is 9.59 Å². The molecule has 1 aromatic carbocycles. The van der Waals surface area contributed by atoms with Gasteiger partial charge in [-0.2, -0.15) is 13.2 Å². The van der Waals surface area contributed by atoms with E-state index in [9.17, 15) is 22.8 Å². The van der Waals surface area contributed by atoms with Crippen molar-refractivity contribution in [2.75, 3.05) is 19.0 Å². The Balaban J connectivity index is 1.48. The van der Waals surface area contributed by atoms with Gasteiger partial charge in [0.2, 0.25) is 17.7 Å². The van der Waals surface area contributed by atoms with E-state index in [4.69, 9.17) is 9.47 Å². The molecule has 1 aliphatic heterocycles. The number of ether oxygens (including phenoxy) is 2. The maximum absolute atomic E-state index is 12.9. The molecule has 1 saturated carbocycles. The predicted octanol–water partition coefficient (Wildman–Crippen LogP) is 4.24. The van der Waals surface area contributed by atoms with Gasteiger partial charge in [-0.1, -0.05) is 0 Å². The third kappa shape index (κ3) is 4.95. The first-order valence-electron chi connectivity index (χ1n) is 10.2. The molecule has 1 aliphatic carbocycles. The Labute approximate surface area is 182 Å². The van der Waals surface area contributed by atoms with Crippen molar-refractivity contribution in [3.05, 3.63) is 42.1 Å². The van der Waals surface area contributed by atoms with Crippen molar-refractivity contribution in [1.82, 2.24) is 9.88 Å². The summed E-state index contributed by atoms with van der Waals surface area (Å²) in [6.45, 7) is 0.594. The molecule has 1 aromatic heterocycles. The highest BCUT2D eigenvalue weighted by Crippen LogP contribution is 2.35. The molecule has 10 heteroatoms. The van der Waals surface area contributed by atoms with Crippen molar-refractivity contribution in [1.29, 1.82) is 0 Å². The number of benzene rings is 1. The Kier molecular flexibility index (Phi) is 5.94. The van der Waals surface area contributed by atoms with E-state index in [0.717, 1.165) is 25.0 Å². The molecule has 1 saturated heterocycles. The summed E-state index contributed by atoms with van der Waals surface area (Å²) in [4.78, 5) is 30.4. The van der Waals surface area contributed by atoms with E-state index in [1.165, 1.54) is 13.2 Å². The Morgan fingerprint density at radius 1 is 1.22 bits per heavy atom. The van der Waals surface area contributed by atoms with Crippen molar-refractivity contribution in [3.8, 4) is 17.4 Å². The number of carbonyl (C=O) groups excluding carboxylic acids is 2. The number of hydrogen-bond acceptors (Lipinski definition) is 5. The van der Waals surface area contributed by atoms with Crippen LogP contribution in [0.25, 0.3) is 0 Å². The van der Waals surface area contributed by atoms with E-state index >= 15 is 0 Å². The van der Waals surface area contributed by atoms with Crippen LogP contribution in [0.2, 0.25) is 0 Å². The number of halogens is 3. The molecular formula is C22H22F3N3O4. The van der Waals surface area contributed by atoms with Gasteiger partial charge < -0.3 is 19.7 Å². The van der Waals surface area contributed by atoms with Gasteiger partial charge in [0.25, 0.3) is 0 Å². The van der Waals surface area contributed by atoms with Gasteiger partial charge in [0, 0.05) is 31.3 Å². The van der Waals surface area contributed by atoms with Crippen molar-refractivity contribution in [3.63, 3.8) is 0 Å². The first kappa shape index (κ1) is 21.9. The number of nitrogens with one attached hydrogen (secondary N) is 1. The second-order valence-electron chi connectivity index (χ2n) is 7.88. The van der Waals surface area contributed by atoms with E-state index in [0.29, 0.717) is 42.9 Å². The van der Waals surface area contributed by atoms with Gasteiger partial charge in [-0.25, -0.2) is 4.98 Å². The Morgan fingerprint density at radius 3 is 2.62 bits per heavy atom. The van der Waals surface area contributed by atoms with Crippen molar-refractivity contribution >= 4 is 17.5 Å². The standard InChI is InChI=1S/C22H22F3N3O4/c1-31-18-7-5-15(32-19-8-4-14(11-26-19)22(23,24)25)10-16(18)27-21(30)17-6-9-20(29)28(17)12-13-2-3-13/h4-5,7-8,10-11,13,17H,2-3,6,9,12H2,1H3,(H,27,30)/t17-/m0/s1. The number of hydrogen-bond donors (Lipinski definition) is 1. The van der Waals surface area contributed by atoms with E-state index in [-0.39, 0.29) is 23.4 Å². The average molecular weight is 449 g/mol. The number of nitrogens with zero attached hydrogens (tertiary/aromatic N) is 2. The average Bonchev–Trinajstić information content (AvgIpc) is 3.50. The van der Waals surface area contributed by atoms with Gasteiger partial charge in [-0.05, 0) is 43.4 Å².